The molecular weight excluding hydrogens is 238 g/mol. The van der Waals surface area contributed by atoms with Crippen LogP contribution < -0.4 is 5.73 Å². The summed E-state index contributed by atoms with van der Waals surface area (Å²) in [6.07, 6.45) is 6.31. The fourth-order valence-corrected chi connectivity index (χ4v) is 3.18. The van der Waals surface area contributed by atoms with Crippen LogP contribution in [0.2, 0.25) is 0 Å². The molecule has 1 aliphatic rings. The van der Waals surface area contributed by atoms with E-state index in [0.717, 1.165) is 17.2 Å². The van der Waals surface area contributed by atoms with Gasteiger partial charge in [-0.15, -0.1) is 10.2 Å². The molecule has 0 aromatic carbocycles. The molecule has 1 atom stereocenters. The molecule has 0 saturated heterocycles. The SMILES string of the molecule is Cc1cc(C)n2c(C(N)C3CCCCC3)nnc2n1. The van der Waals surface area contributed by atoms with Crippen molar-refractivity contribution in [3.8, 4) is 0 Å². The van der Waals surface area contributed by atoms with Crippen molar-refractivity contribution in [1.29, 1.82) is 0 Å². The van der Waals surface area contributed by atoms with Gasteiger partial charge in [0.2, 0.25) is 0 Å². The maximum absolute atomic E-state index is 6.44. The molecule has 0 amide bonds. The number of hydrogen-bond acceptors (Lipinski definition) is 4. The Bertz CT molecular complexity index is 583. The highest BCUT2D eigenvalue weighted by atomic mass is 15.3. The number of nitrogens with zero attached hydrogens (tertiary/aromatic N) is 4. The minimum atomic E-state index is -0.0292. The molecule has 5 nitrogen and oxygen atoms in total. The average Bonchev–Trinajstić information content (AvgIpc) is 2.83. The van der Waals surface area contributed by atoms with Crippen molar-refractivity contribution in [1.82, 2.24) is 19.6 Å². The molecule has 0 bridgehead atoms. The molecule has 1 saturated carbocycles. The molecule has 0 radical (unpaired) electrons. The van der Waals surface area contributed by atoms with E-state index in [1.165, 1.54) is 32.1 Å². The number of aryl methyl sites for hydroxylation is 2. The summed E-state index contributed by atoms with van der Waals surface area (Å²) in [7, 11) is 0. The van der Waals surface area contributed by atoms with Gasteiger partial charge in [0.15, 0.2) is 5.82 Å². The van der Waals surface area contributed by atoms with Gasteiger partial charge in [0.25, 0.3) is 5.78 Å². The summed E-state index contributed by atoms with van der Waals surface area (Å²) in [6, 6.07) is 2.02. The van der Waals surface area contributed by atoms with Crippen molar-refractivity contribution >= 4 is 5.78 Å². The predicted octanol–water partition coefficient (Wildman–Crippen LogP) is 2.32. The second kappa shape index (κ2) is 4.89. The Kier molecular flexibility index (Phi) is 3.22. The molecule has 0 spiro atoms. The average molecular weight is 259 g/mol. The summed E-state index contributed by atoms with van der Waals surface area (Å²) in [4.78, 5) is 4.42. The molecule has 2 aromatic rings. The third-order valence-corrected chi connectivity index (χ3v) is 4.17. The van der Waals surface area contributed by atoms with E-state index in [-0.39, 0.29) is 6.04 Å². The zero-order valence-corrected chi connectivity index (χ0v) is 11.6. The van der Waals surface area contributed by atoms with Gasteiger partial charge in [0.1, 0.15) is 0 Å². The van der Waals surface area contributed by atoms with E-state index in [4.69, 9.17) is 5.73 Å². The maximum atomic E-state index is 6.44. The van der Waals surface area contributed by atoms with Crippen LogP contribution >= 0.6 is 0 Å². The first-order chi connectivity index (χ1) is 9.16. The number of aromatic nitrogens is 4. The summed E-state index contributed by atoms with van der Waals surface area (Å²) in [5.74, 6) is 2.06. The minimum absolute atomic E-state index is 0.0292. The maximum Gasteiger partial charge on any atom is 0.255 e. The number of nitrogens with two attached hydrogens (primary N) is 1. The summed E-state index contributed by atoms with van der Waals surface area (Å²) < 4.78 is 2.01. The molecular formula is C14H21N5. The van der Waals surface area contributed by atoms with Gasteiger partial charge in [-0.1, -0.05) is 19.3 Å². The van der Waals surface area contributed by atoms with Crippen LogP contribution in [-0.4, -0.2) is 19.6 Å². The normalized spacial score (nSPS) is 18.9. The monoisotopic (exact) mass is 259 g/mol. The molecule has 2 heterocycles. The minimum Gasteiger partial charge on any atom is -0.321 e. The van der Waals surface area contributed by atoms with E-state index < -0.39 is 0 Å². The predicted molar refractivity (Wildman–Crippen MR) is 73.8 cm³/mol. The van der Waals surface area contributed by atoms with E-state index in [2.05, 4.69) is 22.1 Å². The Morgan fingerprint density at radius 1 is 1.21 bits per heavy atom. The quantitative estimate of drug-likeness (QED) is 0.898. The molecule has 5 heteroatoms. The van der Waals surface area contributed by atoms with E-state index in [9.17, 15) is 0 Å². The molecule has 2 aromatic heterocycles. The first-order valence-corrected chi connectivity index (χ1v) is 7.11. The second-order valence-electron chi connectivity index (χ2n) is 5.66. The van der Waals surface area contributed by atoms with Crippen LogP contribution in [0.3, 0.4) is 0 Å². The van der Waals surface area contributed by atoms with Crippen molar-refractivity contribution < 1.29 is 0 Å². The Balaban J connectivity index is 2.00. The molecule has 1 unspecified atom stereocenters. The van der Waals surface area contributed by atoms with Gasteiger partial charge in [0.05, 0.1) is 6.04 Å². The summed E-state index contributed by atoms with van der Waals surface area (Å²) in [6.45, 7) is 4.03. The van der Waals surface area contributed by atoms with Gasteiger partial charge in [0, 0.05) is 11.4 Å². The van der Waals surface area contributed by atoms with Crippen molar-refractivity contribution in [3.63, 3.8) is 0 Å². The van der Waals surface area contributed by atoms with Gasteiger partial charge in [-0.25, -0.2) is 4.98 Å². The highest BCUT2D eigenvalue weighted by Gasteiger charge is 2.26. The summed E-state index contributed by atoms with van der Waals surface area (Å²) in [5.41, 5.74) is 8.51. The molecule has 1 fully saturated rings. The fraction of sp³-hybridized carbons (Fsp3) is 0.643. The van der Waals surface area contributed by atoms with Crippen LogP contribution in [0.1, 0.15) is 55.4 Å². The standard InChI is InChI=1S/C14H21N5/c1-9-8-10(2)19-13(17-18-14(19)16-9)12(15)11-6-4-3-5-7-11/h8,11-12H,3-7,15H2,1-2H3. The van der Waals surface area contributed by atoms with Gasteiger partial charge < -0.3 is 5.73 Å². The van der Waals surface area contributed by atoms with Crippen LogP contribution in [0.15, 0.2) is 6.07 Å². The number of fused-ring (bicyclic) bond motifs is 1. The van der Waals surface area contributed by atoms with Crippen LogP contribution in [0.25, 0.3) is 5.78 Å². The Hall–Kier alpha value is -1.49. The molecule has 102 valence electrons. The summed E-state index contributed by atoms with van der Waals surface area (Å²) in [5, 5.41) is 8.48. The third kappa shape index (κ3) is 2.23. The van der Waals surface area contributed by atoms with Crippen LogP contribution in [0.5, 0.6) is 0 Å². The molecule has 3 rings (SSSR count). The van der Waals surface area contributed by atoms with Crippen LogP contribution in [0, 0.1) is 19.8 Å². The largest absolute Gasteiger partial charge is 0.321 e. The molecule has 1 aliphatic carbocycles. The zero-order valence-electron chi connectivity index (χ0n) is 11.6. The lowest BCUT2D eigenvalue weighted by Crippen LogP contribution is -2.26. The Morgan fingerprint density at radius 2 is 1.95 bits per heavy atom. The van der Waals surface area contributed by atoms with E-state index >= 15 is 0 Å². The lowest BCUT2D eigenvalue weighted by atomic mass is 9.84. The number of rotatable bonds is 2. The smallest absolute Gasteiger partial charge is 0.255 e. The van der Waals surface area contributed by atoms with Crippen LogP contribution in [-0.2, 0) is 0 Å². The fourth-order valence-electron chi connectivity index (χ4n) is 3.18. The van der Waals surface area contributed by atoms with Crippen molar-refractivity contribution in [3.05, 3.63) is 23.3 Å². The summed E-state index contributed by atoms with van der Waals surface area (Å²) >= 11 is 0. The first-order valence-electron chi connectivity index (χ1n) is 7.11. The van der Waals surface area contributed by atoms with Gasteiger partial charge in [-0.3, -0.25) is 4.40 Å². The van der Waals surface area contributed by atoms with Crippen molar-refractivity contribution in [2.24, 2.45) is 11.7 Å². The Labute approximate surface area is 113 Å². The number of hydrogen-bond donors (Lipinski definition) is 1. The lowest BCUT2D eigenvalue weighted by Gasteiger charge is -2.26. The Morgan fingerprint density at radius 3 is 2.68 bits per heavy atom. The van der Waals surface area contributed by atoms with Gasteiger partial charge >= 0.3 is 0 Å². The first kappa shape index (κ1) is 12.5. The highest BCUT2D eigenvalue weighted by Crippen LogP contribution is 2.32. The zero-order chi connectivity index (χ0) is 13.4. The lowest BCUT2D eigenvalue weighted by molar-refractivity contribution is 0.299. The van der Waals surface area contributed by atoms with E-state index in [1.54, 1.807) is 0 Å². The topological polar surface area (TPSA) is 69.1 Å². The van der Waals surface area contributed by atoms with Gasteiger partial charge in [-0.05, 0) is 38.7 Å². The van der Waals surface area contributed by atoms with E-state index in [0.29, 0.717) is 11.7 Å². The van der Waals surface area contributed by atoms with Crippen molar-refractivity contribution in [2.45, 2.75) is 52.0 Å². The van der Waals surface area contributed by atoms with Gasteiger partial charge in [-0.2, -0.15) is 0 Å². The highest BCUT2D eigenvalue weighted by molar-refractivity contribution is 5.33. The molecule has 19 heavy (non-hydrogen) atoms. The second-order valence-corrected chi connectivity index (χ2v) is 5.66. The third-order valence-electron chi connectivity index (χ3n) is 4.17. The van der Waals surface area contributed by atoms with Crippen molar-refractivity contribution in [2.75, 3.05) is 0 Å². The van der Waals surface area contributed by atoms with E-state index in [1.807, 2.05) is 17.4 Å². The molecule has 2 N–H and O–H groups in total. The van der Waals surface area contributed by atoms with Crippen LogP contribution in [0.4, 0.5) is 0 Å². The molecule has 0 aliphatic heterocycles.